The van der Waals surface area contributed by atoms with Crippen LogP contribution in [0.5, 0.6) is 6.01 Å². The lowest BCUT2D eigenvalue weighted by molar-refractivity contribution is 0.420. The number of aromatic nitrogens is 9. The average molecular weight is 444 g/mol. The Morgan fingerprint density at radius 3 is 2.61 bits per heavy atom. The second-order valence-corrected chi connectivity index (χ2v) is 7.08. The number of tetrazole rings is 1. The van der Waals surface area contributed by atoms with E-state index in [1.165, 1.54) is 4.79 Å². The van der Waals surface area contributed by atoms with Gasteiger partial charge >= 0.3 is 6.01 Å². The molecule has 5 rings (SSSR count). The average Bonchev–Trinajstić information content (AvgIpc) is 3.52. The van der Waals surface area contributed by atoms with E-state index in [-0.39, 0.29) is 5.84 Å². The van der Waals surface area contributed by atoms with Crippen LogP contribution in [0.2, 0.25) is 0 Å². The van der Waals surface area contributed by atoms with Crippen molar-refractivity contribution in [2.45, 2.75) is 20.8 Å². The number of nitrogens with zero attached hydrogens (tertiary/aromatic N) is 12. The smallest absolute Gasteiger partial charge is 0.339 e. The zero-order valence-corrected chi connectivity index (χ0v) is 18.2. The second-order valence-electron chi connectivity index (χ2n) is 7.08. The van der Waals surface area contributed by atoms with Crippen LogP contribution in [0.3, 0.4) is 0 Å². The van der Waals surface area contributed by atoms with Crippen LogP contribution >= 0.6 is 0 Å². The first-order valence-electron chi connectivity index (χ1n) is 10.4. The van der Waals surface area contributed by atoms with Crippen molar-refractivity contribution in [1.29, 1.82) is 0 Å². The topological polar surface area (TPSA) is 148 Å². The SMILES string of the molecule is CCN(CC)c1ccc(/N=C2/C(n3nnnc3O)=Nn3nc(-c4ccccn4)nc32)c(C)n1. The zero-order chi connectivity index (χ0) is 22.9. The second kappa shape index (κ2) is 8.18. The molecule has 0 unspecified atom stereocenters. The minimum atomic E-state index is -0.427. The standard InChI is InChI=1S/C20H20N12O/c1-4-30(5-2)15-10-9-13(12(3)22-15)23-16-18-24-17(14-8-6-7-11-21-14)26-32(18)27-19(16)31-20(33)25-28-29-31/h6-11H,4-5H2,1-3H3,(H,25,29,33)/b23-16+. The molecule has 0 amide bonds. The number of pyridine rings is 2. The molecule has 33 heavy (non-hydrogen) atoms. The fraction of sp³-hybridized carbons (Fsp3) is 0.250. The summed E-state index contributed by atoms with van der Waals surface area (Å²) in [4.78, 5) is 21.8. The number of aromatic hydroxyl groups is 1. The Kier molecular flexibility index (Phi) is 5.05. The van der Waals surface area contributed by atoms with E-state index in [0.717, 1.165) is 29.3 Å². The van der Waals surface area contributed by atoms with Crippen LogP contribution in [-0.2, 0) is 0 Å². The summed E-state index contributed by atoms with van der Waals surface area (Å²) in [5, 5.41) is 29.7. The minimum Gasteiger partial charge on any atom is -0.478 e. The van der Waals surface area contributed by atoms with Gasteiger partial charge in [0.25, 0.3) is 0 Å². The first kappa shape index (κ1) is 20.4. The third-order valence-corrected chi connectivity index (χ3v) is 5.11. The van der Waals surface area contributed by atoms with E-state index < -0.39 is 6.01 Å². The number of rotatable bonds is 5. The Bertz CT molecular complexity index is 1370. The molecule has 0 aromatic carbocycles. The lowest BCUT2D eigenvalue weighted by Gasteiger charge is -2.20. The van der Waals surface area contributed by atoms with Gasteiger partial charge in [-0.25, -0.2) is 15.0 Å². The van der Waals surface area contributed by atoms with Crippen molar-refractivity contribution in [2.24, 2.45) is 10.1 Å². The van der Waals surface area contributed by atoms with E-state index in [9.17, 15) is 5.11 Å². The lowest BCUT2D eigenvalue weighted by atomic mass is 10.2. The Morgan fingerprint density at radius 1 is 1.09 bits per heavy atom. The highest BCUT2D eigenvalue weighted by Gasteiger charge is 2.32. The number of hydrogen-bond acceptors (Lipinski definition) is 11. The van der Waals surface area contributed by atoms with Gasteiger partial charge in [0, 0.05) is 19.3 Å². The maximum atomic E-state index is 10.1. The van der Waals surface area contributed by atoms with E-state index in [0.29, 0.717) is 28.7 Å². The molecule has 166 valence electrons. The van der Waals surface area contributed by atoms with Gasteiger partial charge in [0.1, 0.15) is 11.5 Å². The Hall–Kier alpha value is -4.55. The molecule has 0 fully saturated rings. The van der Waals surface area contributed by atoms with E-state index in [1.54, 1.807) is 12.3 Å². The Labute approximate surface area is 188 Å². The van der Waals surface area contributed by atoms with E-state index >= 15 is 0 Å². The molecule has 0 saturated carbocycles. The summed E-state index contributed by atoms with van der Waals surface area (Å²) < 4.78 is 1.07. The largest absolute Gasteiger partial charge is 0.478 e. The molecule has 0 aliphatic carbocycles. The summed E-state index contributed by atoms with van der Waals surface area (Å²) in [6, 6.07) is 8.85. The molecule has 13 heteroatoms. The number of aryl methyl sites for hydroxylation is 1. The van der Waals surface area contributed by atoms with Gasteiger partial charge in [-0.1, -0.05) is 11.2 Å². The fourth-order valence-corrected chi connectivity index (χ4v) is 3.43. The van der Waals surface area contributed by atoms with Crippen molar-refractivity contribution in [2.75, 3.05) is 18.0 Å². The lowest BCUT2D eigenvalue weighted by Crippen LogP contribution is -2.23. The molecule has 0 saturated heterocycles. The highest BCUT2D eigenvalue weighted by molar-refractivity contribution is 6.48. The van der Waals surface area contributed by atoms with Gasteiger partial charge in [-0.15, -0.1) is 19.7 Å². The van der Waals surface area contributed by atoms with Crippen LogP contribution in [0.4, 0.5) is 11.5 Å². The van der Waals surface area contributed by atoms with Crippen LogP contribution in [0, 0.1) is 6.92 Å². The molecule has 4 aromatic rings. The van der Waals surface area contributed by atoms with Crippen LogP contribution in [0.25, 0.3) is 11.5 Å². The van der Waals surface area contributed by atoms with Gasteiger partial charge in [0.15, 0.2) is 5.71 Å². The molecule has 1 N–H and O–H groups in total. The van der Waals surface area contributed by atoms with Gasteiger partial charge in [0.2, 0.25) is 17.5 Å². The molecular formula is C20H20N12O. The molecule has 5 heterocycles. The zero-order valence-electron chi connectivity index (χ0n) is 18.2. The van der Waals surface area contributed by atoms with Crippen molar-refractivity contribution in [3.63, 3.8) is 0 Å². The van der Waals surface area contributed by atoms with Gasteiger partial charge in [-0.2, -0.15) is 0 Å². The molecule has 1 aliphatic heterocycles. The molecule has 0 spiro atoms. The highest BCUT2D eigenvalue weighted by atomic mass is 16.3. The summed E-state index contributed by atoms with van der Waals surface area (Å²) in [5.74, 6) is 1.83. The normalized spacial score (nSPS) is 13.9. The van der Waals surface area contributed by atoms with Gasteiger partial charge in [0.05, 0.1) is 11.4 Å². The van der Waals surface area contributed by atoms with E-state index in [4.69, 9.17) is 9.98 Å². The third kappa shape index (κ3) is 3.58. The predicted octanol–water partition coefficient (Wildman–Crippen LogP) is 1.43. The van der Waals surface area contributed by atoms with Crippen molar-refractivity contribution in [3.8, 4) is 17.5 Å². The van der Waals surface area contributed by atoms with Gasteiger partial charge in [-0.05, 0) is 55.5 Å². The van der Waals surface area contributed by atoms with Crippen LogP contribution in [-0.4, -0.2) is 74.8 Å². The van der Waals surface area contributed by atoms with Gasteiger partial charge in [-0.3, -0.25) is 4.98 Å². The summed E-state index contributed by atoms with van der Waals surface area (Å²) in [6.07, 6.45) is 1.66. The fourth-order valence-electron chi connectivity index (χ4n) is 3.43. The minimum absolute atomic E-state index is 0.187. The first-order valence-corrected chi connectivity index (χ1v) is 10.4. The summed E-state index contributed by atoms with van der Waals surface area (Å²) in [5.41, 5.74) is 2.29. The molecular weight excluding hydrogens is 424 g/mol. The number of fused-ring (bicyclic) bond motifs is 1. The summed E-state index contributed by atoms with van der Waals surface area (Å²) in [7, 11) is 0. The first-order chi connectivity index (χ1) is 16.1. The van der Waals surface area contributed by atoms with Crippen LogP contribution in [0.1, 0.15) is 25.4 Å². The van der Waals surface area contributed by atoms with Crippen LogP contribution < -0.4 is 4.90 Å². The number of aliphatic imine (C=N–C) groups is 1. The maximum Gasteiger partial charge on any atom is 0.339 e. The van der Waals surface area contributed by atoms with Crippen molar-refractivity contribution < 1.29 is 5.11 Å². The molecule has 0 radical (unpaired) electrons. The molecule has 4 aromatic heterocycles. The molecule has 0 bridgehead atoms. The van der Waals surface area contributed by atoms with E-state index in [2.05, 4.69) is 54.4 Å². The van der Waals surface area contributed by atoms with Crippen molar-refractivity contribution >= 4 is 23.1 Å². The quantitative estimate of drug-likeness (QED) is 0.482. The van der Waals surface area contributed by atoms with E-state index in [1.807, 2.05) is 31.2 Å². The Morgan fingerprint density at radius 2 is 1.94 bits per heavy atom. The Balaban J connectivity index is 1.62. The predicted molar refractivity (Wildman–Crippen MR) is 120 cm³/mol. The summed E-state index contributed by atoms with van der Waals surface area (Å²) >= 11 is 0. The molecule has 13 nitrogen and oxygen atoms in total. The van der Waals surface area contributed by atoms with Crippen LogP contribution in [0.15, 0.2) is 46.6 Å². The number of hydrogen-bond donors (Lipinski definition) is 1. The third-order valence-electron chi connectivity index (χ3n) is 5.11. The monoisotopic (exact) mass is 444 g/mol. The highest BCUT2D eigenvalue weighted by Crippen LogP contribution is 2.25. The maximum absolute atomic E-state index is 10.1. The summed E-state index contributed by atoms with van der Waals surface area (Å²) in [6.45, 7) is 7.76. The van der Waals surface area contributed by atoms with Crippen molar-refractivity contribution in [1.82, 2.24) is 45.0 Å². The number of anilines is 1. The van der Waals surface area contributed by atoms with Gasteiger partial charge < -0.3 is 10.0 Å². The molecule has 1 aliphatic rings. The molecule has 0 atom stereocenters. The van der Waals surface area contributed by atoms with Crippen molar-refractivity contribution in [3.05, 3.63) is 48.0 Å².